The van der Waals surface area contributed by atoms with Crippen LogP contribution in [0.3, 0.4) is 0 Å². The van der Waals surface area contributed by atoms with Crippen LogP contribution >= 0.6 is 0 Å². The molecule has 2 amide bonds. The van der Waals surface area contributed by atoms with Crippen molar-refractivity contribution in [2.24, 2.45) is 0 Å². The van der Waals surface area contributed by atoms with E-state index in [0.29, 0.717) is 0 Å². The van der Waals surface area contributed by atoms with Gasteiger partial charge < -0.3 is 45.7 Å². The number of aromatic hydroxyl groups is 2. The van der Waals surface area contributed by atoms with Crippen LogP contribution in [-0.4, -0.2) is 80.0 Å². The Kier molecular flexibility index (Phi) is 9.79. The van der Waals surface area contributed by atoms with Gasteiger partial charge in [-0.1, -0.05) is 0 Å². The normalized spacial score (nSPS) is 11.7. The number of hydrogen-bond acceptors (Lipinski definition) is 11. The zero-order chi connectivity index (χ0) is 28.5. The second-order valence-electron chi connectivity index (χ2n) is 8.14. The number of carbonyl (C=O) groups excluding carboxylic acids is 4. The summed E-state index contributed by atoms with van der Waals surface area (Å²) in [6, 6.07) is 3.80. The summed E-state index contributed by atoms with van der Waals surface area (Å²) >= 11 is 0. The van der Waals surface area contributed by atoms with Crippen LogP contribution in [0, 0.1) is 0 Å². The molecule has 0 atom stereocenters. The third kappa shape index (κ3) is 6.43. The summed E-state index contributed by atoms with van der Waals surface area (Å²) in [5.41, 5.74) is -0.367. The number of hydrogen-bond donors (Lipinski definition) is 6. The van der Waals surface area contributed by atoms with Crippen molar-refractivity contribution in [1.82, 2.24) is 10.6 Å². The lowest BCUT2D eigenvalue weighted by molar-refractivity contribution is 0.0975. The number of anilines is 2. The molecule has 0 aromatic heterocycles. The lowest BCUT2D eigenvalue weighted by Gasteiger charge is -2.26. The molecule has 210 valence electrons. The van der Waals surface area contributed by atoms with Crippen LogP contribution in [0.5, 0.6) is 17.2 Å². The maximum atomic E-state index is 13.8. The van der Waals surface area contributed by atoms with Crippen molar-refractivity contribution in [3.63, 3.8) is 0 Å². The Labute approximate surface area is 224 Å². The molecule has 2 aromatic carbocycles. The zero-order valence-electron chi connectivity index (χ0n) is 21.9. The fraction of sp³-hybridized carbons (Fsp3) is 0.385. The SMILES string of the molecule is CCOC(=O)NCCNc1cc(OCC)c(NCCNC(=O)OCC)c2c1C(=O)c1c(O)ccc(O)c1C2=O. The third-order valence-electron chi connectivity index (χ3n) is 5.62. The molecule has 0 heterocycles. The van der Waals surface area contributed by atoms with E-state index in [2.05, 4.69) is 21.3 Å². The summed E-state index contributed by atoms with van der Waals surface area (Å²) in [7, 11) is 0. The lowest BCUT2D eigenvalue weighted by Crippen LogP contribution is -2.31. The van der Waals surface area contributed by atoms with Gasteiger partial charge in [-0.3, -0.25) is 9.59 Å². The Morgan fingerprint density at radius 1 is 0.718 bits per heavy atom. The molecule has 0 fully saturated rings. The van der Waals surface area contributed by atoms with Crippen molar-refractivity contribution in [3.05, 3.63) is 40.5 Å². The van der Waals surface area contributed by atoms with Crippen LogP contribution in [-0.2, 0) is 9.47 Å². The van der Waals surface area contributed by atoms with E-state index >= 15 is 0 Å². The number of fused-ring (bicyclic) bond motifs is 2. The fourth-order valence-corrected chi connectivity index (χ4v) is 4.07. The Hall–Kier alpha value is -4.68. The van der Waals surface area contributed by atoms with E-state index in [0.717, 1.165) is 12.1 Å². The maximum absolute atomic E-state index is 13.8. The molecule has 0 unspecified atom stereocenters. The zero-order valence-corrected chi connectivity index (χ0v) is 21.9. The molecular weight excluding hydrogens is 512 g/mol. The first-order valence-electron chi connectivity index (χ1n) is 12.5. The predicted molar refractivity (Wildman–Crippen MR) is 141 cm³/mol. The number of rotatable bonds is 12. The lowest BCUT2D eigenvalue weighted by atomic mass is 9.81. The topological polar surface area (TPSA) is 185 Å². The smallest absolute Gasteiger partial charge is 0.407 e. The molecule has 0 saturated heterocycles. The second-order valence-corrected chi connectivity index (χ2v) is 8.14. The number of nitrogens with one attached hydrogen (secondary N) is 4. The summed E-state index contributed by atoms with van der Waals surface area (Å²) in [4.78, 5) is 50.7. The van der Waals surface area contributed by atoms with Crippen LogP contribution < -0.4 is 26.0 Å². The van der Waals surface area contributed by atoms with Gasteiger partial charge in [0, 0.05) is 32.2 Å². The van der Waals surface area contributed by atoms with E-state index in [-0.39, 0.29) is 85.4 Å². The van der Waals surface area contributed by atoms with Crippen molar-refractivity contribution < 1.29 is 43.6 Å². The maximum Gasteiger partial charge on any atom is 0.407 e. The summed E-state index contributed by atoms with van der Waals surface area (Å²) in [5.74, 6) is -2.08. The van der Waals surface area contributed by atoms with Gasteiger partial charge in [-0.2, -0.15) is 0 Å². The molecule has 0 saturated carbocycles. The number of ether oxygens (including phenoxy) is 3. The molecule has 0 bridgehead atoms. The van der Waals surface area contributed by atoms with Gasteiger partial charge in [0.1, 0.15) is 17.2 Å². The fourth-order valence-electron chi connectivity index (χ4n) is 4.07. The molecular formula is C26H32N4O9. The number of alkyl carbamates (subject to hydrolysis) is 2. The van der Waals surface area contributed by atoms with Gasteiger partial charge >= 0.3 is 12.2 Å². The largest absolute Gasteiger partial charge is 0.507 e. The van der Waals surface area contributed by atoms with E-state index in [1.165, 1.54) is 6.07 Å². The monoisotopic (exact) mass is 544 g/mol. The molecule has 0 aliphatic heterocycles. The molecule has 2 aromatic rings. The van der Waals surface area contributed by atoms with Crippen molar-refractivity contribution >= 4 is 35.1 Å². The van der Waals surface area contributed by atoms with Crippen LogP contribution in [0.4, 0.5) is 21.0 Å². The van der Waals surface area contributed by atoms with Gasteiger partial charge in [0.25, 0.3) is 0 Å². The highest BCUT2D eigenvalue weighted by Crippen LogP contribution is 2.45. The van der Waals surface area contributed by atoms with Crippen molar-refractivity contribution in [2.75, 3.05) is 56.6 Å². The summed E-state index contributed by atoms with van der Waals surface area (Å²) in [5, 5.41) is 32.1. The predicted octanol–water partition coefficient (Wildman–Crippen LogP) is 2.59. The molecule has 6 N–H and O–H groups in total. The van der Waals surface area contributed by atoms with Gasteiger partial charge in [0.2, 0.25) is 11.6 Å². The molecule has 0 radical (unpaired) electrons. The van der Waals surface area contributed by atoms with Gasteiger partial charge in [0.15, 0.2) is 0 Å². The van der Waals surface area contributed by atoms with Gasteiger partial charge in [-0.15, -0.1) is 0 Å². The highest BCUT2D eigenvalue weighted by atomic mass is 16.6. The highest BCUT2D eigenvalue weighted by Gasteiger charge is 2.39. The highest BCUT2D eigenvalue weighted by molar-refractivity contribution is 6.33. The minimum Gasteiger partial charge on any atom is -0.507 e. The molecule has 13 heteroatoms. The Bertz CT molecular complexity index is 1260. The van der Waals surface area contributed by atoms with Gasteiger partial charge in [0.05, 0.1) is 53.4 Å². The second kappa shape index (κ2) is 13.2. The first-order valence-corrected chi connectivity index (χ1v) is 12.5. The minimum absolute atomic E-state index is 0.0474. The molecule has 13 nitrogen and oxygen atoms in total. The van der Waals surface area contributed by atoms with E-state index in [1.54, 1.807) is 20.8 Å². The summed E-state index contributed by atoms with van der Waals surface area (Å²) in [6.07, 6.45) is -1.21. The quantitative estimate of drug-likeness (QED) is 0.145. The molecule has 3 rings (SSSR count). The molecule has 1 aliphatic carbocycles. The number of phenols is 2. The number of ketones is 2. The average Bonchev–Trinajstić information content (AvgIpc) is 2.90. The van der Waals surface area contributed by atoms with Crippen molar-refractivity contribution in [3.8, 4) is 17.2 Å². The number of amides is 2. The Morgan fingerprint density at radius 3 is 1.74 bits per heavy atom. The minimum atomic E-state index is -0.705. The van der Waals surface area contributed by atoms with E-state index in [4.69, 9.17) is 14.2 Å². The van der Waals surface area contributed by atoms with Gasteiger partial charge in [-0.05, 0) is 32.9 Å². The van der Waals surface area contributed by atoms with Crippen molar-refractivity contribution in [1.29, 1.82) is 0 Å². The number of benzene rings is 2. The van der Waals surface area contributed by atoms with Crippen LogP contribution in [0.15, 0.2) is 18.2 Å². The summed E-state index contributed by atoms with van der Waals surface area (Å²) in [6.45, 7) is 6.31. The van der Waals surface area contributed by atoms with Crippen molar-refractivity contribution in [2.45, 2.75) is 20.8 Å². The Balaban J connectivity index is 2.03. The van der Waals surface area contributed by atoms with Crippen LogP contribution in [0.1, 0.15) is 52.6 Å². The van der Waals surface area contributed by atoms with E-state index < -0.39 is 35.3 Å². The number of phenolic OH excluding ortho intramolecular Hbond substituents is 2. The standard InChI is InChI=1S/C26H32N4O9/c1-4-37-17-13-14(27-9-11-29-25(35)38-5-2)18-21(22(17)28-10-12-30-26(36)39-6-3)24(34)20-16(32)8-7-15(31)19(20)23(18)33/h7-8,13,27-28,31-32H,4-6,9-12H2,1-3H3,(H,29,35)(H,30,36). The third-order valence-corrected chi connectivity index (χ3v) is 5.62. The van der Waals surface area contributed by atoms with Gasteiger partial charge in [-0.25, -0.2) is 9.59 Å². The van der Waals surface area contributed by atoms with Crippen LogP contribution in [0.2, 0.25) is 0 Å². The molecule has 1 aliphatic rings. The van der Waals surface area contributed by atoms with E-state index in [9.17, 15) is 29.4 Å². The van der Waals surface area contributed by atoms with Crippen LogP contribution in [0.25, 0.3) is 0 Å². The summed E-state index contributed by atoms with van der Waals surface area (Å²) < 4.78 is 15.5. The number of carbonyl (C=O) groups is 4. The molecule has 0 spiro atoms. The first-order chi connectivity index (χ1) is 18.7. The molecule has 39 heavy (non-hydrogen) atoms. The first kappa shape index (κ1) is 28.9. The average molecular weight is 545 g/mol. The van der Waals surface area contributed by atoms with E-state index in [1.807, 2.05) is 0 Å². The Morgan fingerprint density at radius 2 is 1.23 bits per heavy atom.